The topological polar surface area (TPSA) is 58.3 Å². The summed E-state index contributed by atoms with van der Waals surface area (Å²) in [6.07, 6.45) is 1.69. The molecule has 3 rings (SSSR count). The molecule has 3 aromatic rings. The first kappa shape index (κ1) is 16.6. The Labute approximate surface area is 140 Å². The van der Waals surface area contributed by atoms with Crippen molar-refractivity contribution in [3.05, 3.63) is 65.0 Å². The smallest absolute Gasteiger partial charge is 0.124 e. The van der Waals surface area contributed by atoms with E-state index in [9.17, 15) is 9.50 Å². The Hall–Kier alpha value is -2.24. The van der Waals surface area contributed by atoms with Gasteiger partial charge >= 0.3 is 0 Å². The van der Waals surface area contributed by atoms with Crippen LogP contribution in [0.3, 0.4) is 0 Å². The Morgan fingerprint density at radius 2 is 2.08 bits per heavy atom. The number of furan rings is 1. The van der Waals surface area contributed by atoms with Gasteiger partial charge in [0.25, 0.3) is 0 Å². The number of benzene rings is 1. The van der Waals surface area contributed by atoms with E-state index in [1.54, 1.807) is 19.2 Å². The Kier molecular flexibility index (Phi) is 4.39. The molecular formula is C19H21FN2O2. The highest BCUT2D eigenvalue weighted by atomic mass is 19.1. The van der Waals surface area contributed by atoms with Crippen molar-refractivity contribution in [3.8, 4) is 0 Å². The highest BCUT2D eigenvalue weighted by Gasteiger charge is 2.27. The first-order valence-electron chi connectivity index (χ1n) is 7.90. The highest BCUT2D eigenvalue weighted by Crippen LogP contribution is 2.26. The lowest BCUT2D eigenvalue weighted by molar-refractivity contribution is 0.0552. The minimum Gasteiger partial charge on any atom is -0.466 e. The van der Waals surface area contributed by atoms with Crippen LogP contribution in [-0.2, 0) is 12.1 Å². The summed E-state index contributed by atoms with van der Waals surface area (Å²) in [5.74, 6) is 1.18. The summed E-state index contributed by atoms with van der Waals surface area (Å²) in [4.78, 5) is 4.33. The molecule has 2 heterocycles. The zero-order chi connectivity index (χ0) is 17.3. The van der Waals surface area contributed by atoms with Crippen molar-refractivity contribution in [2.75, 3.05) is 6.54 Å². The number of pyridine rings is 1. The molecule has 4 nitrogen and oxygen atoms in total. The molecule has 0 bridgehead atoms. The molecule has 0 radical (unpaired) electrons. The molecule has 0 amide bonds. The van der Waals surface area contributed by atoms with Crippen molar-refractivity contribution in [2.24, 2.45) is 0 Å². The maximum atomic E-state index is 13.8. The summed E-state index contributed by atoms with van der Waals surface area (Å²) in [5.41, 5.74) is 1.22. The summed E-state index contributed by atoms with van der Waals surface area (Å²) in [5, 5.41) is 14.7. The third-order valence-electron chi connectivity index (χ3n) is 4.15. The van der Waals surface area contributed by atoms with E-state index in [1.807, 2.05) is 26.0 Å². The molecule has 0 saturated heterocycles. The first-order chi connectivity index (χ1) is 11.4. The lowest BCUT2D eigenvalue weighted by Gasteiger charge is -2.23. The molecule has 1 atom stereocenters. The van der Waals surface area contributed by atoms with Gasteiger partial charge < -0.3 is 14.8 Å². The van der Waals surface area contributed by atoms with Crippen molar-refractivity contribution >= 4 is 10.9 Å². The number of hydrogen-bond donors (Lipinski definition) is 2. The van der Waals surface area contributed by atoms with Crippen LogP contribution in [0.15, 0.2) is 40.9 Å². The van der Waals surface area contributed by atoms with Gasteiger partial charge in [0.15, 0.2) is 0 Å². The summed E-state index contributed by atoms with van der Waals surface area (Å²) < 4.78 is 19.3. The second-order valence-electron chi connectivity index (χ2n) is 6.34. The Bertz CT molecular complexity index is 871. The van der Waals surface area contributed by atoms with E-state index in [2.05, 4.69) is 10.3 Å². The van der Waals surface area contributed by atoms with Gasteiger partial charge in [-0.05, 0) is 50.6 Å². The molecule has 126 valence electrons. The van der Waals surface area contributed by atoms with Crippen molar-refractivity contribution < 1.29 is 13.9 Å². The van der Waals surface area contributed by atoms with Crippen molar-refractivity contribution in [1.29, 1.82) is 0 Å². The van der Waals surface area contributed by atoms with Crippen LogP contribution in [0.5, 0.6) is 0 Å². The third kappa shape index (κ3) is 3.32. The average molecular weight is 328 g/mol. The Morgan fingerprint density at radius 1 is 1.29 bits per heavy atom. The van der Waals surface area contributed by atoms with Crippen LogP contribution >= 0.6 is 0 Å². The summed E-state index contributed by atoms with van der Waals surface area (Å²) in [6.45, 7) is 6.15. The van der Waals surface area contributed by atoms with E-state index in [-0.39, 0.29) is 5.82 Å². The van der Waals surface area contributed by atoms with Crippen LogP contribution < -0.4 is 5.32 Å². The molecular weight excluding hydrogens is 307 g/mol. The van der Waals surface area contributed by atoms with Gasteiger partial charge in [0, 0.05) is 30.2 Å². The van der Waals surface area contributed by atoms with Gasteiger partial charge in [-0.2, -0.15) is 0 Å². The largest absolute Gasteiger partial charge is 0.466 e. The van der Waals surface area contributed by atoms with Crippen LogP contribution in [0, 0.1) is 19.7 Å². The van der Waals surface area contributed by atoms with Crippen LogP contribution in [0.1, 0.15) is 29.6 Å². The number of halogens is 1. The lowest BCUT2D eigenvalue weighted by atomic mass is 9.96. The minimum atomic E-state index is -1.07. The monoisotopic (exact) mass is 328 g/mol. The molecule has 5 heteroatoms. The number of rotatable bonds is 5. The maximum absolute atomic E-state index is 13.8. The minimum absolute atomic E-state index is 0.291. The predicted molar refractivity (Wildman–Crippen MR) is 91.2 cm³/mol. The summed E-state index contributed by atoms with van der Waals surface area (Å²) in [7, 11) is 0. The first-order valence-corrected chi connectivity index (χ1v) is 7.90. The predicted octanol–water partition coefficient (Wildman–Crippen LogP) is 3.58. The molecule has 0 aliphatic carbocycles. The number of aliphatic hydroxyl groups is 1. The zero-order valence-corrected chi connectivity index (χ0v) is 14.1. The van der Waals surface area contributed by atoms with Gasteiger partial charge in [0.05, 0.1) is 5.52 Å². The van der Waals surface area contributed by atoms with Gasteiger partial charge in [-0.15, -0.1) is 0 Å². The van der Waals surface area contributed by atoms with Gasteiger partial charge in [0.2, 0.25) is 0 Å². The van der Waals surface area contributed by atoms with E-state index in [1.165, 1.54) is 12.1 Å². The molecule has 0 fully saturated rings. The fourth-order valence-electron chi connectivity index (χ4n) is 3.06. The molecule has 0 saturated carbocycles. The fraction of sp³-hybridized carbons (Fsp3) is 0.316. The fourth-order valence-corrected chi connectivity index (χ4v) is 3.06. The van der Waals surface area contributed by atoms with E-state index in [0.29, 0.717) is 18.8 Å². The van der Waals surface area contributed by atoms with Crippen molar-refractivity contribution in [1.82, 2.24) is 10.3 Å². The molecule has 1 aromatic carbocycles. The van der Waals surface area contributed by atoms with Gasteiger partial charge in [-0.1, -0.05) is 6.07 Å². The van der Waals surface area contributed by atoms with Gasteiger partial charge in [0.1, 0.15) is 22.9 Å². The molecule has 0 aliphatic rings. The molecule has 0 aliphatic heterocycles. The van der Waals surface area contributed by atoms with Crippen molar-refractivity contribution in [3.63, 3.8) is 0 Å². The zero-order valence-electron chi connectivity index (χ0n) is 14.1. The lowest BCUT2D eigenvalue weighted by Crippen LogP contribution is -2.35. The van der Waals surface area contributed by atoms with Crippen LogP contribution in [0.4, 0.5) is 4.39 Å². The maximum Gasteiger partial charge on any atom is 0.124 e. The Morgan fingerprint density at radius 3 is 2.79 bits per heavy atom. The van der Waals surface area contributed by atoms with Crippen LogP contribution in [0.2, 0.25) is 0 Å². The van der Waals surface area contributed by atoms with E-state index < -0.39 is 5.60 Å². The number of aryl methyl sites for hydroxylation is 2. The molecule has 24 heavy (non-hydrogen) atoms. The Balaban J connectivity index is 1.76. The summed E-state index contributed by atoms with van der Waals surface area (Å²) in [6, 6.07) is 8.41. The van der Waals surface area contributed by atoms with Crippen molar-refractivity contribution in [2.45, 2.75) is 32.9 Å². The van der Waals surface area contributed by atoms with Crippen LogP contribution in [-0.4, -0.2) is 16.6 Å². The third-order valence-corrected chi connectivity index (χ3v) is 4.15. The number of hydrogen-bond acceptors (Lipinski definition) is 4. The van der Waals surface area contributed by atoms with E-state index in [4.69, 9.17) is 4.42 Å². The van der Waals surface area contributed by atoms with E-state index in [0.717, 1.165) is 27.8 Å². The highest BCUT2D eigenvalue weighted by molar-refractivity contribution is 5.81. The van der Waals surface area contributed by atoms with E-state index >= 15 is 0 Å². The second kappa shape index (κ2) is 6.34. The molecule has 1 unspecified atom stereocenters. The SMILES string of the molecule is Cc1cc(C(C)(O)CNCc2cc(F)cc3cccnc23)c(C)o1. The average Bonchev–Trinajstić information content (AvgIpc) is 2.86. The van der Waals surface area contributed by atoms with Crippen LogP contribution in [0.25, 0.3) is 10.9 Å². The normalized spacial score (nSPS) is 14.0. The number of nitrogens with one attached hydrogen (secondary N) is 1. The van der Waals surface area contributed by atoms with Gasteiger partial charge in [-0.25, -0.2) is 4.39 Å². The number of aromatic nitrogens is 1. The molecule has 0 spiro atoms. The second-order valence-corrected chi connectivity index (χ2v) is 6.34. The number of fused-ring (bicyclic) bond motifs is 1. The number of nitrogens with zero attached hydrogens (tertiary/aromatic N) is 1. The van der Waals surface area contributed by atoms with Gasteiger partial charge in [-0.3, -0.25) is 4.98 Å². The standard InChI is InChI=1S/C19H21FN2O2/c1-12-7-17(13(2)24-12)19(3,23)11-21-10-15-9-16(20)8-14-5-4-6-22-18(14)15/h4-9,21,23H,10-11H2,1-3H3. The molecule has 2 aromatic heterocycles. The molecule has 2 N–H and O–H groups in total. The summed E-state index contributed by atoms with van der Waals surface area (Å²) >= 11 is 0. The quantitative estimate of drug-likeness (QED) is 0.751.